The number of benzene rings is 2. The Bertz CT molecular complexity index is 811. The van der Waals surface area contributed by atoms with Gasteiger partial charge in [0.25, 0.3) is 0 Å². The number of nitrogens with zero attached hydrogens (tertiary/aromatic N) is 3. The molecule has 0 saturated heterocycles. The van der Waals surface area contributed by atoms with Crippen LogP contribution in [0.3, 0.4) is 0 Å². The zero-order chi connectivity index (χ0) is 14.8. The molecule has 0 aliphatic carbocycles. The molecule has 0 spiro atoms. The fraction of sp³-hybridized carbons (Fsp3) is 0.133. The second-order valence-corrected chi connectivity index (χ2v) is 4.67. The van der Waals surface area contributed by atoms with Crippen molar-refractivity contribution in [3.63, 3.8) is 0 Å². The van der Waals surface area contributed by atoms with Gasteiger partial charge in [0.15, 0.2) is 0 Å². The summed E-state index contributed by atoms with van der Waals surface area (Å²) in [6.45, 7) is 0.173. The van der Waals surface area contributed by atoms with Crippen molar-refractivity contribution in [2.75, 3.05) is 0 Å². The van der Waals surface area contributed by atoms with E-state index >= 15 is 0 Å². The summed E-state index contributed by atoms with van der Waals surface area (Å²) in [5.74, 6) is -0.693. The van der Waals surface area contributed by atoms with Crippen molar-refractivity contribution in [2.24, 2.45) is 7.05 Å². The first-order valence-electron chi connectivity index (χ1n) is 6.37. The molecule has 6 nitrogen and oxygen atoms in total. The Hall–Kier alpha value is -2.89. The molecule has 0 aliphatic heterocycles. The third kappa shape index (κ3) is 2.69. The lowest BCUT2D eigenvalue weighted by Gasteiger charge is -2.09. The molecule has 0 aliphatic rings. The van der Waals surface area contributed by atoms with Crippen LogP contribution in [0.25, 0.3) is 10.8 Å². The number of carboxylic acid groups (broad SMARTS) is 1. The number of aryl methyl sites for hydroxylation is 1. The van der Waals surface area contributed by atoms with E-state index in [2.05, 4.69) is 10.3 Å². The van der Waals surface area contributed by atoms with E-state index in [0.717, 1.165) is 10.8 Å². The summed E-state index contributed by atoms with van der Waals surface area (Å²) in [6, 6.07) is 10.9. The first-order valence-corrected chi connectivity index (χ1v) is 6.37. The van der Waals surface area contributed by atoms with E-state index in [4.69, 9.17) is 4.74 Å². The standard InChI is InChI=1S/C15H13N3O3/c1-18-8-12(16-17-18)9-21-14-7-11-5-3-2-4-10(11)6-13(14)15(19)20/h2-8H,9H2,1H3,(H,19,20). The molecule has 0 unspecified atom stereocenters. The number of ether oxygens (including phenoxy) is 1. The van der Waals surface area contributed by atoms with Crippen molar-refractivity contribution in [3.8, 4) is 5.75 Å². The van der Waals surface area contributed by atoms with Gasteiger partial charge in [-0.25, -0.2) is 4.79 Å². The van der Waals surface area contributed by atoms with Gasteiger partial charge in [-0.3, -0.25) is 4.68 Å². The van der Waals surface area contributed by atoms with Gasteiger partial charge in [0.1, 0.15) is 23.6 Å². The molecule has 106 valence electrons. The number of carboxylic acids is 1. The van der Waals surface area contributed by atoms with Crippen molar-refractivity contribution in [1.29, 1.82) is 0 Å². The first kappa shape index (κ1) is 13.1. The predicted octanol–water partition coefficient (Wildman–Crippen LogP) is 2.25. The molecule has 0 bridgehead atoms. The molecule has 0 atom stereocenters. The molecule has 0 saturated carbocycles. The molecular formula is C15H13N3O3. The van der Waals surface area contributed by atoms with E-state index in [1.54, 1.807) is 30.1 Å². The maximum absolute atomic E-state index is 11.4. The highest BCUT2D eigenvalue weighted by molar-refractivity contribution is 5.97. The van der Waals surface area contributed by atoms with Crippen molar-refractivity contribution in [1.82, 2.24) is 15.0 Å². The number of rotatable bonds is 4. The van der Waals surface area contributed by atoms with E-state index in [1.807, 2.05) is 24.3 Å². The van der Waals surface area contributed by atoms with Gasteiger partial charge >= 0.3 is 5.97 Å². The summed E-state index contributed by atoms with van der Waals surface area (Å²) in [5.41, 5.74) is 0.777. The largest absolute Gasteiger partial charge is 0.486 e. The molecule has 1 N–H and O–H groups in total. The summed E-state index contributed by atoms with van der Waals surface area (Å²) in [4.78, 5) is 11.4. The Kier molecular flexibility index (Phi) is 3.27. The van der Waals surface area contributed by atoms with Crippen molar-refractivity contribution < 1.29 is 14.6 Å². The molecule has 21 heavy (non-hydrogen) atoms. The molecular weight excluding hydrogens is 270 g/mol. The van der Waals surface area contributed by atoms with E-state index in [0.29, 0.717) is 11.4 Å². The minimum atomic E-state index is -1.02. The van der Waals surface area contributed by atoms with Crippen LogP contribution in [-0.2, 0) is 13.7 Å². The molecule has 0 radical (unpaired) electrons. The van der Waals surface area contributed by atoms with Crippen LogP contribution in [0.15, 0.2) is 42.6 Å². The third-order valence-corrected chi connectivity index (χ3v) is 3.10. The Morgan fingerprint density at radius 2 is 2.00 bits per heavy atom. The summed E-state index contributed by atoms with van der Waals surface area (Å²) in [6.07, 6.45) is 1.72. The molecule has 2 aromatic carbocycles. The van der Waals surface area contributed by atoms with Gasteiger partial charge in [0.05, 0.1) is 6.20 Å². The number of fused-ring (bicyclic) bond motifs is 1. The van der Waals surface area contributed by atoms with Gasteiger partial charge in [-0.1, -0.05) is 29.5 Å². The highest BCUT2D eigenvalue weighted by Gasteiger charge is 2.13. The predicted molar refractivity (Wildman–Crippen MR) is 76.2 cm³/mol. The summed E-state index contributed by atoms with van der Waals surface area (Å²) >= 11 is 0. The van der Waals surface area contributed by atoms with Crippen LogP contribution < -0.4 is 4.74 Å². The second-order valence-electron chi connectivity index (χ2n) is 4.67. The average molecular weight is 283 g/mol. The fourth-order valence-corrected chi connectivity index (χ4v) is 2.12. The van der Waals surface area contributed by atoms with E-state index < -0.39 is 5.97 Å². The summed E-state index contributed by atoms with van der Waals surface area (Å²) in [7, 11) is 1.76. The van der Waals surface area contributed by atoms with Crippen LogP contribution in [0, 0.1) is 0 Å². The minimum absolute atomic E-state index is 0.137. The number of carbonyl (C=O) groups is 1. The van der Waals surface area contributed by atoms with Crippen molar-refractivity contribution in [2.45, 2.75) is 6.61 Å². The van der Waals surface area contributed by atoms with Crippen LogP contribution in [0.1, 0.15) is 16.1 Å². The maximum atomic E-state index is 11.4. The quantitative estimate of drug-likeness (QED) is 0.794. The van der Waals surface area contributed by atoms with E-state index in [-0.39, 0.29) is 12.2 Å². The van der Waals surface area contributed by atoms with E-state index in [1.165, 1.54) is 0 Å². The normalized spacial score (nSPS) is 10.7. The molecule has 6 heteroatoms. The minimum Gasteiger partial charge on any atom is -0.486 e. The second kappa shape index (κ2) is 5.24. The Morgan fingerprint density at radius 1 is 1.29 bits per heavy atom. The highest BCUT2D eigenvalue weighted by atomic mass is 16.5. The van der Waals surface area contributed by atoms with Crippen LogP contribution >= 0.6 is 0 Å². The first-order chi connectivity index (χ1) is 10.1. The molecule has 3 rings (SSSR count). The van der Waals surface area contributed by atoms with Crippen molar-refractivity contribution in [3.05, 3.63) is 53.9 Å². The van der Waals surface area contributed by atoms with Crippen LogP contribution in [0.5, 0.6) is 5.75 Å². The topological polar surface area (TPSA) is 77.2 Å². The number of aromatic carboxylic acids is 1. The molecule has 0 amide bonds. The highest BCUT2D eigenvalue weighted by Crippen LogP contribution is 2.26. The summed E-state index contributed by atoms with van der Waals surface area (Å²) < 4.78 is 7.18. The van der Waals surface area contributed by atoms with Gasteiger partial charge in [0, 0.05) is 7.05 Å². The maximum Gasteiger partial charge on any atom is 0.339 e. The Labute approximate surface area is 120 Å². The van der Waals surface area contributed by atoms with Crippen molar-refractivity contribution >= 4 is 16.7 Å². The van der Waals surface area contributed by atoms with Gasteiger partial charge in [-0.05, 0) is 22.9 Å². The zero-order valence-corrected chi connectivity index (χ0v) is 11.4. The number of hydrogen-bond acceptors (Lipinski definition) is 4. The lowest BCUT2D eigenvalue weighted by molar-refractivity contribution is 0.0692. The fourth-order valence-electron chi connectivity index (χ4n) is 2.12. The van der Waals surface area contributed by atoms with E-state index in [9.17, 15) is 9.90 Å². The van der Waals surface area contributed by atoms with Gasteiger partial charge in [-0.15, -0.1) is 5.10 Å². The molecule has 0 fully saturated rings. The molecule has 1 aromatic heterocycles. The summed E-state index contributed by atoms with van der Waals surface area (Å²) in [5, 5.41) is 18.8. The lowest BCUT2D eigenvalue weighted by atomic mass is 10.1. The Morgan fingerprint density at radius 3 is 2.62 bits per heavy atom. The lowest BCUT2D eigenvalue weighted by Crippen LogP contribution is -2.04. The zero-order valence-electron chi connectivity index (χ0n) is 11.4. The average Bonchev–Trinajstić information content (AvgIpc) is 2.89. The van der Waals surface area contributed by atoms with Crippen LogP contribution in [0.2, 0.25) is 0 Å². The van der Waals surface area contributed by atoms with Gasteiger partial charge in [0.2, 0.25) is 0 Å². The molecule has 1 heterocycles. The van der Waals surface area contributed by atoms with Gasteiger partial charge < -0.3 is 9.84 Å². The number of hydrogen-bond donors (Lipinski definition) is 1. The van der Waals surface area contributed by atoms with Crippen LogP contribution in [0.4, 0.5) is 0 Å². The Balaban J connectivity index is 1.95. The monoisotopic (exact) mass is 283 g/mol. The smallest absolute Gasteiger partial charge is 0.339 e. The number of aromatic nitrogens is 3. The SMILES string of the molecule is Cn1cc(COc2cc3ccccc3cc2C(=O)O)nn1. The third-order valence-electron chi connectivity index (χ3n) is 3.10. The van der Waals surface area contributed by atoms with Crippen LogP contribution in [-0.4, -0.2) is 26.1 Å². The molecule has 3 aromatic rings. The van der Waals surface area contributed by atoms with Gasteiger partial charge in [-0.2, -0.15) is 0 Å².